The third kappa shape index (κ3) is 3.70. The minimum atomic E-state index is 0.214. The van der Waals surface area contributed by atoms with Gasteiger partial charge in [-0.25, -0.2) is 4.99 Å². The van der Waals surface area contributed by atoms with Crippen molar-refractivity contribution in [3.8, 4) is 11.5 Å². The molecule has 0 unspecified atom stereocenters. The zero-order chi connectivity index (χ0) is 13.7. The van der Waals surface area contributed by atoms with E-state index in [1.807, 2.05) is 11.8 Å². The normalized spacial score (nSPS) is 16.5. The zero-order valence-corrected chi connectivity index (χ0v) is 11.8. The maximum Gasteiger partial charge on any atom is 0.191 e. The number of nitrogens with two attached hydrogens (primary N) is 1. The van der Waals surface area contributed by atoms with E-state index in [2.05, 4.69) is 9.89 Å². The molecule has 1 aromatic carbocycles. The van der Waals surface area contributed by atoms with Gasteiger partial charge in [-0.1, -0.05) is 0 Å². The minimum Gasteiger partial charge on any atom is -0.508 e. The van der Waals surface area contributed by atoms with Crippen molar-refractivity contribution < 1.29 is 9.84 Å². The number of phenols is 1. The number of benzene rings is 1. The molecule has 3 N–H and O–H groups in total. The SMILES string of the molecule is COc1ccc(O)c(CN=C(N)N2CCSCC2)c1. The number of thioether (sulfide) groups is 1. The van der Waals surface area contributed by atoms with Crippen molar-refractivity contribution in [2.24, 2.45) is 10.7 Å². The molecule has 1 saturated heterocycles. The molecule has 0 amide bonds. The highest BCUT2D eigenvalue weighted by atomic mass is 32.2. The average Bonchev–Trinajstić information content (AvgIpc) is 2.47. The molecule has 104 valence electrons. The van der Waals surface area contributed by atoms with Crippen LogP contribution in [0, 0.1) is 0 Å². The summed E-state index contributed by atoms with van der Waals surface area (Å²) in [6, 6.07) is 5.10. The molecule has 0 saturated carbocycles. The first-order chi connectivity index (χ1) is 9.20. The van der Waals surface area contributed by atoms with Crippen LogP contribution in [0.5, 0.6) is 11.5 Å². The van der Waals surface area contributed by atoms with Crippen LogP contribution in [0.25, 0.3) is 0 Å². The summed E-state index contributed by atoms with van der Waals surface area (Å²) in [7, 11) is 1.60. The monoisotopic (exact) mass is 281 g/mol. The predicted molar refractivity (Wildman–Crippen MR) is 78.9 cm³/mol. The molecule has 2 rings (SSSR count). The van der Waals surface area contributed by atoms with Gasteiger partial charge < -0.3 is 20.5 Å². The smallest absolute Gasteiger partial charge is 0.191 e. The first-order valence-electron chi connectivity index (χ1n) is 6.19. The molecule has 1 fully saturated rings. The molecule has 6 heteroatoms. The average molecular weight is 281 g/mol. The number of phenolic OH excluding ortho intramolecular Hbond substituents is 1. The lowest BCUT2D eigenvalue weighted by atomic mass is 10.2. The summed E-state index contributed by atoms with van der Waals surface area (Å²) < 4.78 is 5.13. The lowest BCUT2D eigenvalue weighted by Crippen LogP contribution is -2.42. The Balaban J connectivity index is 2.03. The van der Waals surface area contributed by atoms with Gasteiger partial charge in [-0.2, -0.15) is 11.8 Å². The van der Waals surface area contributed by atoms with Crippen LogP contribution in [0.4, 0.5) is 0 Å². The number of hydrogen-bond acceptors (Lipinski definition) is 4. The van der Waals surface area contributed by atoms with Crippen LogP contribution in [-0.2, 0) is 6.54 Å². The van der Waals surface area contributed by atoms with E-state index in [1.54, 1.807) is 25.3 Å². The van der Waals surface area contributed by atoms with Crippen LogP contribution in [0.15, 0.2) is 23.2 Å². The first kappa shape index (κ1) is 13.9. The summed E-state index contributed by atoms with van der Waals surface area (Å²) in [5.41, 5.74) is 6.69. The van der Waals surface area contributed by atoms with Gasteiger partial charge in [0.2, 0.25) is 0 Å². The lowest BCUT2D eigenvalue weighted by Gasteiger charge is -2.27. The van der Waals surface area contributed by atoms with Crippen molar-refractivity contribution in [1.82, 2.24) is 4.90 Å². The van der Waals surface area contributed by atoms with Crippen molar-refractivity contribution in [3.63, 3.8) is 0 Å². The van der Waals surface area contributed by atoms with Gasteiger partial charge in [0.05, 0.1) is 13.7 Å². The second-order valence-electron chi connectivity index (χ2n) is 4.27. The van der Waals surface area contributed by atoms with E-state index in [9.17, 15) is 5.11 Å². The molecule has 0 aliphatic carbocycles. The number of nitrogens with zero attached hydrogens (tertiary/aromatic N) is 2. The maximum atomic E-state index is 9.77. The van der Waals surface area contributed by atoms with Gasteiger partial charge in [-0.15, -0.1) is 0 Å². The summed E-state index contributed by atoms with van der Waals surface area (Å²) in [5.74, 6) is 3.63. The van der Waals surface area contributed by atoms with Crippen LogP contribution in [0.3, 0.4) is 0 Å². The Morgan fingerprint density at radius 1 is 1.47 bits per heavy atom. The molecule has 0 spiro atoms. The first-order valence-corrected chi connectivity index (χ1v) is 7.34. The highest BCUT2D eigenvalue weighted by Gasteiger charge is 2.12. The summed E-state index contributed by atoms with van der Waals surface area (Å²) in [6.45, 7) is 2.23. The molecule has 1 aliphatic rings. The highest BCUT2D eigenvalue weighted by molar-refractivity contribution is 7.99. The molecule has 1 aliphatic heterocycles. The number of guanidine groups is 1. The van der Waals surface area contributed by atoms with Crippen molar-refractivity contribution in [2.75, 3.05) is 31.7 Å². The molecule has 5 nitrogen and oxygen atoms in total. The Morgan fingerprint density at radius 3 is 2.89 bits per heavy atom. The fourth-order valence-corrected chi connectivity index (χ4v) is 2.78. The van der Waals surface area contributed by atoms with Crippen LogP contribution in [-0.4, -0.2) is 47.7 Å². The van der Waals surface area contributed by atoms with Crippen LogP contribution in [0.1, 0.15) is 5.56 Å². The van der Waals surface area contributed by atoms with E-state index in [1.165, 1.54) is 0 Å². The molecule has 0 bridgehead atoms. The second-order valence-corrected chi connectivity index (χ2v) is 5.49. The van der Waals surface area contributed by atoms with Crippen molar-refractivity contribution in [2.45, 2.75) is 6.54 Å². The van der Waals surface area contributed by atoms with Gasteiger partial charge >= 0.3 is 0 Å². The summed E-state index contributed by atoms with van der Waals surface area (Å²) >= 11 is 1.93. The Labute approximate surface area is 117 Å². The van der Waals surface area contributed by atoms with Gasteiger partial charge in [-0.05, 0) is 18.2 Å². The largest absolute Gasteiger partial charge is 0.508 e. The quantitative estimate of drug-likeness (QED) is 0.645. The fourth-order valence-electron chi connectivity index (χ4n) is 1.87. The predicted octanol–water partition coefficient (Wildman–Crippen LogP) is 1.26. The lowest BCUT2D eigenvalue weighted by molar-refractivity contribution is 0.410. The zero-order valence-electron chi connectivity index (χ0n) is 11.0. The van der Waals surface area contributed by atoms with Gasteiger partial charge in [0.15, 0.2) is 5.96 Å². The van der Waals surface area contributed by atoms with Crippen molar-refractivity contribution in [3.05, 3.63) is 23.8 Å². The number of methoxy groups -OCH3 is 1. The fraction of sp³-hybridized carbons (Fsp3) is 0.462. The number of rotatable bonds is 3. The van der Waals surface area contributed by atoms with Crippen LogP contribution in [0.2, 0.25) is 0 Å². The highest BCUT2D eigenvalue weighted by Crippen LogP contribution is 2.23. The Kier molecular flexibility index (Phi) is 4.79. The maximum absolute atomic E-state index is 9.77. The van der Waals surface area contributed by atoms with Gasteiger partial charge in [-0.3, -0.25) is 0 Å². The topological polar surface area (TPSA) is 71.1 Å². The van der Waals surface area contributed by atoms with Crippen LogP contribution >= 0.6 is 11.8 Å². The molecule has 0 aromatic heterocycles. The van der Waals surface area contributed by atoms with E-state index in [0.29, 0.717) is 23.8 Å². The molecule has 1 heterocycles. The molecular formula is C13H19N3O2S. The summed E-state index contributed by atoms with van der Waals surface area (Å²) in [5, 5.41) is 9.77. The molecule has 1 aromatic rings. The molecule has 0 atom stereocenters. The van der Waals surface area contributed by atoms with Gasteiger partial charge in [0.25, 0.3) is 0 Å². The van der Waals surface area contributed by atoms with E-state index in [-0.39, 0.29) is 5.75 Å². The molecule has 19 heavy (non-hydrogen) atoms. The summed E-state index contributed by atoms with van der Waals surface area (Å²) in [6.07, 6.45) is 0. The minimum absolute atomic E-state index is 0.214. The van der Waals surface area contributed by atoms with Crippen molar-refractivity contribution in [1.29, 1.82) is 0 Å². The Bertz CT molecular complexity index is 459. The van der Waals surface area contributed by atoms with E-state index in [0.717, 1.165) is 24.6 Å². The Morgan fingerprint density at radius 2 is 2.21 bits per heavy atom. The Hall–Kier alpha value is -1.56. The van der Waals surface area contributed by atoms with E-state index in [4.69, 9.17) is 10.5 Å². The second kappa shape index (κ2) is 6.56. The van der Waals surface area contributed by atoms with Gasteiger partial charge in [0.1, 0.15) is 11.5 Å². The number of aliphatic imine (C=N–C) groups is 1. The number of hydrogen-bond donors (Lipinski definition) is 2. The third-order valence-corrected chi connectivity index (χ3v) is 3.98. The molecule has 0 radical (unpaired) electrons. The van der Waals surface area contributed by atoms with Gasteiger partial charge in [0, 0.05) is 30.2 Å². The number of aromatic hydroxyl groups is 1. The van der Waals surface area contributed by atoms with Crippen molar-refractivity contribution >= 4 is 17.7 Å². The summed E-state index contributed by atoms with van der Waals surface area (Å²) in [4.78, 5) is 6.43. The molecular weight excluding hydrogens is 262 g/mol. The van der Waals surface area contributed by atoms with Crippen LogP contribution < -0.4 is 10.5 Å². The van der Waals surface area contributed by atoms with E-state index < -0.39 is 0 Å². The standard InChI is InChI=1S/C13H19N3O2S/c1-18-11-2-3-12(17)10(8-11)9-15-13(14)16-4-6-19-7-5-16/h2-3,8,17H,4-7,9H2,1H3,(H2,14,15). The van der Waals surface area contributed by atoms with E-state index >= 15 is 0 Å². The third-order valence-electron chi connectivity index (χ3n) is 3.03. The number of ether oxygens (including phenoxy) is 1.